The number of nitro groups is 1. The van der Waals surface area contributed by atoms with Crippen LogP contribution in [0.25, 0.3) is 0 Å². The summed E-state index contributed by atoms with van der Waals surface area (Å²) < 4.78 is 0. The van der Waals surface area contributed by atoms with Crippen LogP contribution < -0.4 is 5.32 Å². The molecule has 1 aliphatic rings. The lowest BCUT2D eigenvalue weighted by Crippen LogP contribution is -2.40. The number of hydrogen-bond donors (Lipinski definition) is 1. The van der Waals surface area contributed by atoms with Crippen molar-refractivity contribution in [3.8, 4) is 0 Å². The molecule has 0 radical (unpaired) electrons. The van der Waals surface area contributed by atoms with E-state index >= 15 is 0 Å². The van der Waals surface area contributed by atoms with Crippen molar-refractivity contribution in [1.82, 2.24) is 10.2 Å². The number of rotatable bonds is 7. The van der Waals surface area contributed by atoms with Crippen molar-refractivity contribution in [3.63, 3.8) is 0 Å². The maximum absolute atomic E-state index is 12.5. The number of nitrogens with zero attached hydrogens (tertiary/aromatic N) is 2. The third-order valence-electron chi connectivity index (χ3n) is 4.88. The predicted octanol–water partition coefficient (Wildman–Crippen LogP) is 4.61. The molecular formula is C20H22ClN3O3S. The van der Waals surface area contributed by atoms with E-state index in [1.165, 1.54) is 17.8 Å². The van der Waals surface area contributed by atoms with Crippen LogP contribution in [0.5, 0.6) is 0 Å². The lowest BCUT2D eigenvalue weighted by molar-refractivity contribution is -0.387. The van der Waals surface area contributed by atoms with Gasteiger partial charge < -0.3 is 5.32 Å². The highest BCUT2D eigenvalue weighted by Gasteiger charge is 2.24. The summed E-state index contributed by atoms with van der Waals surface area (Å²) in [4.78, 5) is 27.1. The number of benzene rings is 2. The number of likely N-dealkylation sites (tertiary alicyclic amines) is 1. The predicted molar refractivity (Wildman–Crippen MR) is 111 cm³/mol. The Bertz CT molecular complexity index is 878. The first-order valence-corrected chi connectivity index (χ1v) is 10.4. The van der Waals surface area contributed by atoms with Crippen LogP contribution in [-0.2, 0) is 0 Å². The van der Waals surface area contributed by atoms with Crippen molar-refractivity contribution in [2.45, 2.75) is 35.6 Å². The van der Waals surface area contributed by atoms with Gasteiger partial charge in [-0.15, -0.1) is 0 Å². The number of likely N-dealkylation sites (N-methyl/N-ethyl adjacent to an activating group) is 1. The molecular weight excluding hydrogens is 398 g/mol. The Morgan fingerprint density at radius 3 is 2.82 bits per heavy atom. The van der Waals surface area contributed by atoms with Crippen molar-refractivity contribution in [2.24, 2.45) is 0 Å². The van der Waals surface area contributed by atoms with Crippen LogP contribution in [0.3, 0.4) is 0 Å². The average molecular weight is 420 g/mol. The van der Waals surface area contributed by atoms with E-state index in [-0.39, 0.29) is 17.2 Å². The summed E-state index contributed by atoms with van der Waals surface area (Å²) in [7, 11) is 0. The summed E-state index contributed by atoms with van der Waals surface area (Å²) >= 11 is 7.37. The Morgan fingerprint density at radius 1 is 1.32 bits per heavy atom. The van der Waals surface area contributed by atoms with Crippen molar-refractivity contribution < 1.29 is 9.72 Å². The van der Waals surface area contributed by atoms with Gasteiger partial charge in [-0.05, 0) is 50.2 Å². The summed E-state index contributed by atoms with van der Waals surface area (Å²) in [5.74, 6) is -0.291. The Kier molecular flexibility index (Phi) is 6.93. The first kappa shape index (κ1) is 20.6. The molecule has 1 amide bonds. The van der Waals surface area contributed by atoms with E-state index in [2.05, 4.69) is 17.1 Å². The first-order chi connectivity index (χ1) is 13.5. The lowest BCUT2D eigenvalue weighted by Gasteiger charge is -2.22. The van der Waals surface area contributed by atoms with E-state index in [0.717, 1.165) is 30.8 Å². The fourth-order valence-corrected chi connectivity index (χ4v) is 4.56. The highest BCUT2D eigenvalue weighted by molar-refractivity contribution is 7.99. The number of hydrogen-bond acceptors (Lipinski definition) is 5. The third-order valence-corrected chi connectivity index (χ3v) is 6.46. The zero-order valence-corrected chi connectivity index (χ0v) is 17.1. The van der Waals surface area contributed by atoms with Crippen LogP contribution in [0, 0.1) is 10.1 Å². The van der Waals surface area contributed by atoms with Gasteiger partial charge in [0.2, 0.25) is 0 Å². The minimum atomic E-state index is -0.467. The van der Waals surface area contributed by atoms with Crippen LogP contribution in [0.4, 0.5) is 5.69 Å². The van der Waals surface area contributed by atoms with E-state index in [0.29, 0.717) is 22.5 Å². The first-order valence-electron chi connectivity index (χ1n) is 9.22. The maximum atomic E-state index is 12.5. The lowest BCUT2D eigenvalue weighted by atomic mass is 10.1. The number of nitro benzene ring substituents is 1. The number of amides is 1. The quantitative estimate of drug-likeness (QED) is 0.523. The maximum Gasteiger partial charge on any atom is 0.284 e. The summed E-state index contributed by atoms with van der Waals surface area (Å²) in [6.07, 6.45) is 2.19. The minimum absolute atomic E-state index is 0.103. The number of carbonyl (C=O) groups is 1. The standard InChI is InChI=1S/C20H22ClN3O3S/c1-2-23-11-5-6-15(23)13-22-20(25)14-9-10-19(17(12-14)24(26)27)28-18-8-4-3-7-16(18)21/h3-4,7-10,12,15H,2,5-6,11,13H2,1H3,(H,22,25)/t15-/m1/s1. The van der Waals surface area contributed by atoms with E-state index in [4.69, 9.17) is 11.6 Å². The SMILES string of the molecule is CCN1CCC[C@@H]1CNC(=O)c1ccc(Sc2ccccc2Cl)c([N+](=O)[O-])c1. The molecule has 1 fully saturated rings. The molecule has 8 heteroatoms. The van der Waals surface area contributed by atoms with Crippen molar-refractivity contribution in [1.29, 1.82) is 0 Å². The highest BCUT2D eigenvalue weighted by atomic mass is 35.5. The summed E-state index contributed by atoms with van der Waals surface area (Å²) in [5.41, 5.74) is 0.185. The molecule has 0 unspecified atom stereocenters. The second-order valence-corrected chi connectivity index (χ2v) is 8.10. The van der Waals surface area contributed by atoms with E-state index in [1.54, 1.807) is 30.3 Å². The van der Waals surface area contributed by atoms with Crippen molar-refractivity contribution in [2.75, 3.05) is 19.6 Å². The fourth-order valence-electron chi connectivity index (χ4n) is 3.39. The van der Waals surface area contributed by atoms with Crippen LogP contribution in [0.15, 0.2) is 52.3 Å². The zero-order valence-electron chi connectivity index (χ0n) is 15.6. The van der Waals surface area contributed by atoms with Crippen molar-refractivity contribution >= 4 is 35.0 Å². The average Bonchev–Trinajstić information content (AvgIpc) is 3.15. The number of nitrogens with one attached hydrogen (secondary N) is 1. The van der Waals surface area contributed by atoms with Crippen LogP contribution in [-0.4, -0.2) is 41.4 Å². The van der Waals surface area contributed by atoms with Crippen LogP contribution in [0.2, 0.25) is 5.02 Å². The van der Waals surface area contributed by atoms with Gasteiger partial charge in [-0.25, -0.2) is 0 Å². The van der Waals surface area contributed by atoms with Crippen LogP contribution >= 0.6 is 23.4 Å². The van der Waals surface area contributed by atoms with Gasteiger partial charge in [0.25, 0.3) is 11.6 Å². The fraction of sp³-hybridized carbons (Fsp3) is 0.350. The molecule has 0 saturated carbocycles. The molecule has 1 heterocycles. The summed E-state index contributed by atoms with van der Waals surface area (Å²) in [5, 5.41) is 15.0. The van der Waals surface area contributed by atoms with Crippen molar-refractivity contribution in [3.05, 3.63) is 63.2 Å². The highest BCUT2D eigenvalue weighted by Crippen LogP contribution is 2.38. The molecule has 1 N–H and O–H groups in total. The Hall–Kier alpha value is -2.09. The smallest absolute Gasteiger partial charge is 0.284 e. The second-order valence-electron chi connectivity index (χ2n) is 6.61. The van der Waals surface area contributed by atoms with E-state index < -0.39 is 4.92 Å². The minimum Gasteiger partial charge on any atom is -0.350 e. The van der Waals surface area contributed by atoms with Gasteiger partial charge in [-0.2, -0.15) is 0 Å². The molecule has 2 aromatic carbocycles. The van der Waals surface area contributed by atoms with Gasteiger partial charge in [0.1, 0.15) is 0 Å². The van der Waals surface area contributed by atoms with Crippen LogP contribution in [0.1, 0.15) is 30.1 Å². The van der Waals surface area contributed by atoms with Gasteiger partial charge >= 0.3 is 0 Å². The second kappa shape index (κ2) is 9.41. The molecule has 0 spiro atoms. The normalized spacial score (nSPS) is 16.9. The summed E-state index contributed by atoms with van der Waals surface area (Å²) in [6.45, 7) is 4.67. The molecule has 0 aromatic heterocycles. The molecule has 0 bridgehead atoms. The van der Waals surface area contributed by atoms with Gasteiger partial charge in [-0.3, -0.25) is 19.8 Å². The third kappa shape index (κ3) is 4.84. The molecule has 2 aromatic rings. The largest absolute Gasteiger partial charge is 0.350 e. The van der Waals surface area contributed by atoms with E-state index in [1.807, 2.05) is 6.07 Å². The molecule has 0 aliphatic carbocycles. The monoisotopic (exact) mass is 419 g/mol. The Balaban J connectivity index is 1.74. The Morgan fingerprint density at radius 2 is 2.11 bits per heavy atom. The number of carbonyl (C=O) groups excluding carboxylic acids is 1. The molecule has 3 rings (SSSR count). The van der Waals surface area contributed by atoms with Gasteiger partial charge in [0.05, 0.1) is 14.8 Å². The topological polar surface area (TPSA) is 75.5 Å². The summed E-state index contributed by atoms with van der Waals surface area (Å²) in [6, 6.07) is 12.1. The Labute approximate surface area is 173 Å². The van der Waals surface area contributed by atoms with Gasteiger partial charge in [-0.1, -0.05) is 42.4 Å². The molecule has 1 aliphatic heterocycles. The zero-order chi connectivity index (χ0) is 20.1. The van der Waals surface area contributed by atoms with E-state index in [9.17, 15) is 14.9 Å². The molecule has 1 atom stereocenters. The molecule has 28 heavy (non-hydrogen) atoms. The molecule has 148 valence electrons. The molecule has 1 saturated heterocycles. The van der Waals surface area contributed by atoms with Gasteiger partial charge in [0.15, 0.2) is 0 Å². The molecule has 6 nitrogen and oxygen atoms in total. The number of halogens is 1. The van der Waals surface area contributed by atoms with Gasteiger partial charge in [0, 0.05) is 29.1 Å².